The molecule has 9 nitrogen and oxygen atoms in total. The lowest BCUT2D eigenvalue weighted by molar-refractivity contribution is -0.314. The summed E-state index contributed by atoms with van der Waals surface area (Å²) in [5, 5.41) is 51.9. The van der Waals surface area contributed by atoms with Crippen LogP contribution in [0.4, 0.5) is 4.79 Å². The number of aliphatic hydroxyl groups excluding tert-OH is 3. The Morgan fingerprint density at radius 1 is 1.11 bits per heavy atom. The third-order valence-electron chi connectivity index (χ3n) is 1.97. The first-order valence-corrected chi connectivity index (χ1v) is 5.84. The lowest BCUT2D eigenvalue weighted by Gasteiger charge is -2.15. The number of rotatable bonds is 7. The van der Waals surface area contributed by atoms with E-state index in [1.807, 2.05) is 12.2 Å². The quantitative estimate of drug-likeness (QED) is 0.212. The first-order valence-electron chi connectivity index (χ1n) is 5.84. The number of hydrogen-bond acceptors (Lipinski definition) is 7. The van der Waals surface area contributed by atoms with Gasteiger partial charge in [0.15, 0.2) is 0 Å². The number of urea groups is 1. The second kappa shape index (κ2) is 12.1. The number of unbranched alkanes of at least 4 members (excludes halogenated alkanes) is 2. The second-order valence-corrected chi connectivity index (χ2v) is 3.69. The van der Waals surface area contributed by atoms with E-state index in [0.717, 1.165) is 12.8 Å². The van der Waals surface area contributed by atoms with Crippen molar-refractivity contribution in [3.8, 4) is 0 Å². The highest BCUT2D eigenvalue weighted by Crippen LogP contribution is 2.07. The molecule has 0 aliphatic rings. The number of amides is 2. The van der Waals surface area contributed by atoms with Crippen LogP contribution in [0.15, 0.2) is 0 Å². The van der Waals surface area contributed by atoms with Gasteiger partial charge >= 0.3 is 6.03 Å². The van der Waals surface area contributed by atoms with E-state index in [9.17, 15) is 4.79 Å². The van der Waals surface area contributed by atoms with Gasteiger partial charge in [-0.25, -0.2) is 4.79 Å². The molecule has 0 unspecified atom stereocenters. The monoisotopic (exact) mass is 284 g/mol. The Labute approximate surface area is 111 Å². The topological polar surface area (TPSA) is 154 Å². The van der Waals surface area contributed by atoms with Crippen LogP contribution in [-0.2, 0) is 0 Å². The van der Waals surface area contributed by atoms with Crippen LogP contribution in [0.3, 0.4) is 0 Å². The van der Waals surface area contributed by atoms with Crippen LogP contribution in [0.5, 0.6) is 0 Å². The van der Waals surface area contributed by atoms with E-state index in [1.54, 1.807) is 0 Å². The van der Waals surface area contributed by atoms with Crippen molar-refractivity contribution >= 4 is 6.03 Å². The summed E-state index contributed by atoms with van der Waals surface area (Å²) in [7, 11) is 0. The van der Waals surface area contributed by atoms with Crippen molar-refractivity contribution in [2.75, 3.05) is 20.2 Å². The molecule has 0 saturated heterocycles. The maximum absolute atomic E-state index is 10.5. The van der Waals surface area contributed by atoms with Crippen LogP contribution in [0.2, 0.25) is 0 Å². The molecule has 0 radical (unpaired) electrons. The fourth-order valence-corrected chi connectivity index (χ4v) is 0.965. The summed E-state index contributed by atoms with van der Waals surface area (Å²) < 4.78 is 0. The van der Waals surface area contributed by atoms with Crippen molar-refractivity contribution in [1.29, 1.82) is 0 Å². The molecule has 0 spiro atoms. The molecule has 9 heteroatoms. The first-order chi connectivity index (χ1) is 8.82. The maximum Gasteiger partial charge on any atom is 0.322 e. The van der Waals surface area contributed by atoms with Crippen molar-refractivity contribution in [2.24, 2.45) is 0 Å². The predicted octanol–water partition coefficient (Wildman–Crippen LogP) is -1.96. The summed E-state index contributed by atoms with van der Waals surface area (Å²) in [6, 6.07) is -0.715. The fourth-order valence-electron chi connectivity index (χ4n) is 0.965. The number of nitrogens with one attached hydrogen (secondary N) is 1. The average Bonchev–Trinajstić information content (AvgIpc) is 2.30. The molecular formula is C10H24N2O7. The molecule has 116 valence electrons. The minimum atomic E-state index is -2.45. The Bertz CT molecular complexity index is 216. The van der Waals surface area contributed by atoms with Gasteiger partial charge in [-0.2, -0.15) is 0 Å². The van der Waals surface area contributed by atoms with Gasteiger partial charge in [0.2, 0.25) is 0 Å². The number of carbonyl (C=O) groups is 1. The average molecular weight is 284 g/mol. The van der Waals surface area contributed by atoms with Gasteiger partial charge in [-0.1, -0.05) is 19.8 Å². The largest absolute Gasteiger partial charge is 0.376 e. The lowest BCUT2D eigenvalue weighted by atomic mass is 10.2. The van der Waals surface area contributed by atoms with Crippen molar-refractivity contribution < 1.29 is 35.4 Å². The van der Waals surface area contributed by atoms with Gasteiger partial charge in [-0.3, -0.25) is 4.90 Å². The van der Waals surface area contributed by atoms with Gasteiger partial charge < -0.3 is 36.0 Å². The molecule has 0 bridgehead atoms. The maximum atomic E-state index is 10.5. The molecule has 0 heterocycles. The molecular weight excluding hydrogens is 260 g/mol. The third kappa shape index (κ3) is 15.0. The molecule has 2 amide bonds. The minimum Gasteiger partial charge on any atom is -0.376 e. The summed E-state index contributed by atoms with van der Waals surface area (Å²) >= 11 is 0. The third-order valence-corrected chi connectivity index (χ3v) is 1.97. The van der Waals surface area contributed by atoms with Crippen LogP contribution < -0.4 is 5.32 Å². The highest BCUT2D eigenvalue weighted by Gasteiger charge is 2.15. The number of nitrogens with zero attached hydrogens (tertiary/aromatic N) is 1. The van der Waals surface area contributed by atoms with Crippen LogP contribution in [-0.4, -0.2) is 67.7 Å². The van der Waals surface area contributed by atoms with Gasteiger partial charge in [0.1, 0.15) is 20.2 Å². The van der Waals surface area contributed by atoms with Gasteiger partial charge in [0.05, 0.1) is 0 Å². The summed E-state index contributed by atoms with van der Waals surface area (Å²) in [5.74, 6) is -2.45. The molecule has 0 atom stereocenters. The molecule has 0 saturated carbocycles. The van der Waals surface area contributed by atoms with E-state index >= 15 is 0 Å². The second-order valence-electron chi connectivity index (χ2n) is 3.69. The van der Waals surface area contributed by atoms with E-state index in [-0.39, 0.29) is 6.42 Å². The zero-order valence-corrected chi connectivity index (χ0v) is 11.0. The van der Waals surface area contributed by atoms with Crippen LogP contribution in [0.1, 0.15) is 32.6 Å². The zero-order valence-electron chi connectivity index (χ0n) is 11.0. The standard InChI is InChI=1S/C6H14O3.C4H10N2O4/c1-2-3-4-5-6(7,8)9;7-1-5-4(10)6(2-8)3-9/h7-9H,2-5H2,1H3;7-9H,1-3H2,(H,5,10). The summed E-state index contributed by atoms with van der Waals surface area (Å²) in [4.78, 5) is 11.2. The Hall–Kier alpha value is -0.970. The highest BCUT2D eigenvalue weighted by molar-refractivity contribution is 5.73. The lowest BCUT2D eigenvalue weighted by Crippen LogP contribution is -2.41. The normalized spacial score (nSPS) is 10.5. The van der Waals surface area contributed by atoms with Gasteiger partial charge in [0.25, 0.3) is 5.97 Å². The minimum absolute atomic E-state index is 0.0425. The van der Waals surface area contributed by atoms with Crippen LogP contribution in [0, 0.1) is 0 Å². The molecule has 0 aromatic rings. The molecule has 0 fully saturated rings. The predicted molar refractivity (Wildman–Crippen MR) is 65.2 cm³/mol. The molecule has 0 aliphatic carbocycles. The molecule has 0 rings (SSSR count). The molecule has 19 heavy (non-hydrogen) atoms. The smallest absolute Gasteiger partial charge is 0.322 e. The summed E-state index contributed by atoms with van der Waals surface area (Å²) in [5.41, 5.74) is 0. The van der Waals surface area contributed by atoms with Crippen molar-refractivity contribution in [2.45, 2.75) is 38.6 Å². The van der Waals surface area contributed by atoms with E-state index in [4.69, 9.17) is 30.6 Å². The summed E-state index contributed by atoms with van der Waals surface area (Å²) in [6.45, 7) is 0.327. The van der Waals surface area contributed by atoms with Crippen molar-refractivity contribution in [3.63, 3.8) is 0 Å². The van der Waals surface area contributed by atoms with E-state index < -0.39 is 32.2 Å². The van der Waals surface area contributed by atoms with Crippen molar-refractivity contribution in [3.05, 3.63) is 0 Å². The van der Waals surface area contributed by atoms with Gasteiger partial charge in [-0.05, 0) is 6.42 Å². The number of hydrogen-bond donors (Lipinski definition) is 7. The van der Waals surface area contributed by atoms with E-state index in [0.29, 0.717) is 11.3 Å². The number of carbonyl (C=O) groups excluding carboxylic acids is 1. The van der Waals surface area contributed by atoms with Gasteiger partial charge in [0, 0.05) is 6.42 Å². The van der Waals surface area contributed by atoms with Crippen molar-refractivity contribution in [1.82, 2.24) is 10.2 Å². The van der Waals surface area contributed by atoms with E-state index in [1.165, 1.54) is 0 Å². The van der Waals surface area contributed by atoms with E-state index in [2.05, 4.69) is 0 Å². The van der Waals surface area contributed by atoms with Gasteiger partial charge in [-0.15, -0.1) is 0 Å². The molecule has 0 aromatic carbocycles. The molecule has 0 aromatic heterocycles. The van der Waals surface area contributed by atoms with Crippen LogP contribution >= 0.6 is 0 Å². The first kappa shape index (κ1) is 20.3. The van der Waals surface area contributed by atoms with Crippen LogP contribution in [0.25, 0.3) is 0 Å². The zero-order chi connectivity index (χ0) is 15.3. The fraction of sp³-hybridized carbons (Fsp3) is 0.900. The molecule has 0 aliphatic heterocycles. The Kier molecular flexibility index (Phi) is 12.9. The SMILES string of the molecule is CCCCCC(O)(O)O.O=C(NCO)N(CO)CO. The Morgan fingerprint density at radius 2 is 1.63 bits per heavy atom. The Morgan fingerprint density at radius 3 is 1.95 bits per heavy atom. The molecule has 7 N–H and O–H groups in total. The number of aliphatic hydroxyl groups is 6. The Balaban J connectivity index is 0. The summed E-state index contributed by atoms with van der Waals surface area (Å²) in [6.07, 6.45) is 2.63. The highest BCUT2D eigenvalue weighted by atomic mass is 16.7.